The summed E-state index contributed by atoms with van der Waals surface area (Å²) in [5.41, 5.74) is -0.328. The van der Waals surface area contributed by atoms with Crippen molar-refractivity contribution in [2.24, 2.45) is 10.8 Å². The van der Waals surface area contributed by atoms with E-state index in [1.807, 2.05) is 0 Å². The van der Waals surface area contributed by atoms with E-state index in [0.29, 0.717) is 0 Å². The van der Waals surface area contributed by atoms with E-state index in [2.05, 4.69) is 4.99 Å². The van der Waals surface area contributed by atoms with Gasteiger partial charge in [-0.05, 0) is 6.07 Å². The fourth-order valence-corrected chi connectivity index (χ4v) is 1.61. The van der Waals surface area contributed by atoms with Crippen molar-refractivity contribution in [3.63, 3.8) is 0 Å². The zero-order chi connectivity index (χ0) is 11.7. The van der Waals surface area contributed by atoms with Gasteiger partial charge in [0.1, 0.15) is 6.04 Å². The first-order chi connectivity index (χ1) is 7.61. The molecule has 1 heterocycles. The third-order valence-electron chi connectivity index (χ3n) is 2.51. The highest BCUT2D eigenvalue weighted by Crippen LogP contribution is 2.28. The summed E-state index contributed by atoms with van der Waals surface area (Å²) in [5.74, 6) is 3.20. The molecule has 0 radical (unpaired) electrons. The number of hydrogen-bond donors (Lipinski definition) is 1. The van der Waals surface area contributed by atoms with E-state index in [0.717, 1.165) is 11.1 Å². The van der Waals surface area contributed by atoms with Gasteiger partial charge in [0.15, 0.2) is 17.8 Å². The highest BCUT2D eigenvalue weighted by atomic mass is 19.2. The van der Waals surface area contributed by atoms with Gasteiger partial charge in [0.2, 0.25) is 0 Å². The number of alkyl halides is 1. The molecule has 0 aromatic heterocycles. The molecule has 0 bridgehead atoms. The first-order valence-electron chi connectivity index (χ1n) is 4.72. The minimum Gasteiger partial charge on any atom is -0.293 e. The van der Waals surface area contributed by atoms with Crippen LogP contribution in [0, 0.1) is 11.6 Å². The Kier molecular flexibility index (Phi) is 2.82. The minimum absolute atomic E-state index is 0.133. The molecular weight excluding hydrogens is 219 g/mol. The summed E-state index contributed by atoms with van der Waals surface area (Å²) < 4.78 is 40.1. The van der Waals surface area contributed by atoms with Gasteiger partial charge in [0, 0.05) is 5.56 Å². The lowest BCUT2D eigenvalue weighted by atomic mass is 10.0. The molecule has 0 aliphatic carbocycles. The molecule has 0 fully saturated rings. The monoisotopic (exact) mass is 229 g/mol. The second kappa shape index (κ2) is 4.13. The topological polar surface area (TPSA) is 41.6 Å². The summed E-state index contributed by atoms with van der Waals surface area (Å²) in [7, 11) is 0. The minimum atomic E-state index is -1.71. The molecule has 1 aromatic carbocycles. The highest BCUT2D eigenvalue weighted by Gasteiger charge is 2.31. The van der Waals surface area contributed by atoms with Gasteiger partial charge in [-0.25, -0.2) is 19.0 Å². The van der Waals surface area contributed by atoms with Crippen LogP contribution in [0.15, 0.2) is 23.2 Å². The van der Waals surface area contributed by atoms with Crippen LogP contribution in [-0.2, 0) is 0 Å². The number of benzene rings is 1. The fraction of sp³-hybridized carbons (Fsp3) is 0.300. The van der Waals surface area contributed by atoms with E-state index < -0.39 is 23.8 Å². The smallest absolute Gasteiger partial charge is 0.165 e. The Hall–Kier alpha value is -1.56. The molecule has 0 amide bonds. The molecule has 3 nitrogen and oxygen atoms in total. The molecule has 1 aromatic rings. The average molecular weight is 229 g/mol. The third-order valence-corrected chi connectivity index (χ3v) is 2.51. The SMILES string of the molecule is NN1C=NCC1C(F)c1cccc(F)c1F. The number of hydrogen-bond acceptors (Lipinski definition) is 3. The van der Waals surface area contributed by atoms with Crippen LogP contribution in [0.3, 0.4) is 0 Å². The molecule has 2 unspecified atom stereocenters. The zero-order valence-electron chi connectivity index (χ0n) is 8.28. The van der Waals surface area contributed by atoms with Gasteiger partial charge in [-0.15, -0.1) is 0 Å². The maximum absolute atomic E-state index is 13.9. The van der Waals surface area contributed by atoms with Gasteiger partial charge in [-0.3, -0.25) is 10.0 Å². The molecule has 86 valence electrons. The zero-order valence-corrected chi connectivity index (χ0v) is 8.28. The van der Waals surface area contributed by atoms with Crippen LogP contribution in [0.5, 0.6) is 0 Å². The molecule has 0 saturated carbocycles. The Morgan fingerprint density at radius 3 is 2.81 bits per heavy atom. The van der Waals surface area contributed by atoms with E-state index in [1.54, 1.807) is 0 Å². The molecular formula is C10H10F3N3. The van der Waals surface area contributed by atoms with E-state index in [9.17, 15) is 13.2 Å². The molecule has 1 aliphatic rings. The number of nitrogens with zero attached hydrogens (tertiary/aromatic N) is 2. The third kappa shape index (κ3) is 1.76. The predicted molar refractivity (Wildman–Crippen MR) is 53.4 cm³/mol. The Balaban J connectivity index is 2.27. The van der Waals surface area contributed by atoms with Gasteiger partial charge in [-0.2, -0.15) is 0 Å². The number of aliphatic imine (C=N–C) groups is 1. The van der Waals surface area contributed by atoms with Crippen molar-refractivity contribution in [1.82, 2.24) is 5.01 Å². The molecule has 1 aliphatic heterocycles. The second-order valence-corrected chi connectivity index (χ2v) is 3.54. The lowest BCUT2D eigenvalue weighted by molar-refractivity contribution is 0.191. The van der Waals surface area contributed by atoms with Crippen LogP contribution < -0.4 is 5.84 Å². The fourth-order valence-electron chi connectivity index (χ4n) is 1.61. The van der Waals surface area contributed by atoms with Crippen LogP contribution >= 0.6 is 0 Å². The van der Waals surface area contributed by atoms with Gasteiger partial charge < -0.3 is 0 Å². The summed E-state index contributed by atoms with van der Waals surface area (Å²) in [6.07, 6.45) is -0.433. The van der Waals surface area contributed by atoms with Crippen molar-refractivity contribution in [2.75, 3.05) is 6.54 Å². The Labute approximate surface area is 90.3 Å². The number of rotatable bonds is 2. The van der Waals surface area contributed by atoms with Crippen LogP contribution in [0.2, 0.25) is 0 Å². The summed E-state index contributed by atoms with van der Waals surface area (Å²) in [6.45, 7) is 0.133. The van der Waals surface area contributed by atoms with Crippen molar-refractivity contribution in [3.8, 4) is 0 Å². The van der Waals surface area contributed by atoms with Crippen LogP contribution in [0.25, 0.3) is 0 Å². The van der Waals surface area contributed by atoms with Crippen molar-refractivity contribution in [3.05, 3.63) is 35.4 Å². The second-order valence-electron chi connectivity index (χ2n) is 3.54. The maximum Gasteiger partial charge on any atom is 0.165 e. The quantitative estimate of drug-likeness (QED) is 0.782. The highest BCUT2D eigenvalue weighted by molar-refractivity contribution is 5.57. The lowest BCUT2D eigenvalue weighted by Gasteiger charge is -2.22. The Morgan fingerprint density at radius 1 is 1.44 bits per heavy atom. The average Bonchev–Trinajstić information content (AvgIpc) is 2.68. The Bertz CT molecular complexity index is 422. The van der Waals surface area contributed by atoms with Crippen molar-refractivity contribution in [2.45, 2.75) is 12.2 Å². The molecule has 2 rings (SSSR count). The van der Waals surface area contributed by atoms with E-state index in [-0.39, 0.29) is 12.1 Å². The molecule has 16 heavy (non-hydrogen) atoms. The van der Waals surface area contributed by atoms with Crippen LogP contribution in [0.1, 0.15) is 11.7 Å². The summed E-state index contributed by atoms with van der Waals surface area (Å²) >= 11 is 0. The summed E-state index contributed by atoms with van der Waals surface area (Å²) in [4.78, 5) is 3.76. The Morgan fingerprint density at radius 2 is 2.19 bits per heavy atom. The number of nitrogens with two attached hydrogens (primary N) is 1. The predicted octanol–water partition coefficient (Wildman–Crippen LogP) is 1.56. The molecule has 0 spiro atoms. The van der Waals surface area contributed by atoms with Crippen molar-refractivity contribution in [1.29, 1.82) is 0 Å². The number of hydrazine groups is 1. The first-order valence-corrected chi connectivity index (χ1v) is 4.72. The maximum atomic E-state index is 13.9. The van der Waals surface area contributed by atoms with Gasteiger partial charge in [0.25, 0.3) is 0 Å². The van der Waals surface area contributed by atoms with E-state index in [1.165, 1.54) is 18.5 Å². The van der Waals surface area contributed by atoms with Gasteiger partial charge >= 0.3 is 0 Å². The summed E-state index contributed by atoms with van der Waals surface area (Å²) in [6, 6.07) is 2.62. The standard InChI is InChI=1S/C10H10F3N3/c11-7-3-1-2-6(9(7)12)10(13)8-4-15-5-16(8)14/h1-3,5,8,10H,4,14H2. The normalized spacial score (nSPS) is 21.5. The van der Waals surface area contributed by atoms with Crippen LogP contribution in [0.4, 0.5) is 13.2 Å². The first kappa shape index (κ1) is 10.9. The molecule has 6 heteroatoms. The van der Waals surface area contributed by atoms with Crippen molar-refractivity contribution >= 4 is 6.34 Å². The van der Waals surface area contributed by atoms with Gasteiger partial charge in [-0.1, -0.05) is 12.1 Å². The molecule has 2 N–H and O–H groups in total. The van der Waals surface area contributed by atoms with E-state index in [4.69, 9.17) is 5.84 Å². The number of halogens is 3. The van der Waals surface area contributed by atoms with Crippen LogP contribution in [-0.4, -0.2) is 23.9 Å². The van der Waals surface area contributed by atoms with Gasteiger partial charge in [0.05, 0.1) is 12.9 Å². The largest absolute Gasteiger partial charge is 0.293 e. The van der Waals surface area contributed by atoms with Crippen molar-refractivity contribution < 1.29 is 13.2 Å². The lowest BCUT2D eigenvalue weighted by Crippen LogP contribution is -2.40. The summed E-state index contributed by atoms with van der Waals surface area (Å²) in [5, 5.41) is 1.06. The molecule has 0 saturated heterocycles. The molecule has 2 atom stereocenters. The van der Waals surface area contributed by atoms with E-state index >= 15 is 0 Å².